The van der Waals surface area contributed by atoms with Gasteiger partial charge in [0, 0.05) is 10.6 Å². The molecule has 3 rings (SSSR count). The minimum Gasteiger partial charge on any atom is -0.497 e. The summed E-state index contributed by atoms with van der Waals surface area (Å²) in [6, 6.07) is 8.12. The molecule has 0 spiro atoms. The van der Waals surface area contributed by atoms with Gasteiger partial charge in [-0.15, -0.1) is 28.3 Å². The first-order valence-corrected chi connectivity index (χ1v) is 7.48. The summed E-state index contributed by atoms with van der Waals surface area (Å²) < 4.78 is 7.42. The monoisotopic (exact) mass is 354 g/mol. The lowest BCUT2D eigenvalue weighted by atomic mass is 10.0. The number of nitrogens with zero attached hydrogens (tertiary/aromatic N) is 1. The van der Waals surface area contributed by atoms with Crippen molar-refractivity contribution in [1.82, 2.24) is 4.57 Å². The van der Waals surface area contributed by atoms with E-state index in [1.807, 2.05) is 12.1 Å². The Morgan fingerprint density at radius 3 is 2.90 bits per heavy atom. The van der Waals surface area contributed by atoms with E-state index < -0.39 is 0 Å². The number of hydrogen-bond acceptors (Lipinski definition) is 3. The maximum Gasteiger partial charge on any atom is 0.182 e. The van der Waals surface area contributed by atoms with Gasteiger partial charge in [-0.05, 0) is 43.4 Å². The lowest BCUT2D eigenvalue weighted by Crippen LogP contribution is -2.18. The summed E-state index contributed by atoms with van der Waals surface area (Å²) >= 11 is 1.64. The van der Waals surface area contributed by atoms with E-state index in [-0.39, 0.29) is 17.0 Å². The standard InChI is InChI=1S/C15H18N2OS.BrH/c1-18-12-6-4-5-11(9-12)10-17-13-7-2-3-8-14(13)19-15(17)16;/h4-6,9,16H,2-3,7-8,10H2,1H3;1H. The van der Waals surface area contributed by atoms with Gasteiger partial charge in [-0.1, -0.05) is 12.1 Å². The van der Waals surface area contributed by atoms with Crippen molar-refractivity contribution >= 4 is 28.3 Å². The van der Waals surface area contributed by atoms with Crippen LogP contribution in [0.2, 0.25) is 0 Å². The first-order valence-electron chi connectivity index (χ1n) is 6.67. The van der Waals surface area contributed by atoms with Gasteiger partial charge in [-0.3, -0.25) is 5.41 Å². The molecule has 1 aromatic carbocycles. The van der Waals surface area contributed by atoms with Crippen molar-refractivity contribution in [2.75, 3.05) is 7.11 Å². The SMILES string of the molecule is Br.COc1cccc(Cn2c3c(sc2=N)CCCC3)c1. The molecule has 0 saturated carbocycles. The predicted octanol–water partition coefficient (Wildman–Crippen LogP) is 3.54. The first kappa shape index (κ1) is 15.3. The van der Waals surface area contributed by atoms with Gasteiger partial charge in [-0.2, -0.15) is 0 Å². The zero-order valence-corrected chi connectivity index (χ0v) is 14.0. The number of halogens is 1. The number of ether oxygens (including phenoxy) is 1. The predicted molar refractivity (Wildman–Crippen MR) is 87.2 cm³/mol. The fraction of sp³-hybridized carbons (Fsp3) is 0.400. The minimum atomic E-state index is 0. The summed E-state index contributed by atoms with van der Waals surface area (Å²) in [6.45, 7) is 0.780. The van der Waals surface area contributed by atoms with Gasteiger partial charge >= 0.3 is 0 Å². The van der Waals surface area contributed by atoms with Gasteiger partial charge in [0.1, 0.15) is 5.75 Å². The second kappa shape index (κ2) is 6.59. The third-order valence-corrected chi connectivity index (χ3v) is 4.75. The number of hydrogen-bond donors (Lipinski definition) is 1. The second-order valence-electron chi connectivity index (χ2n) is 4.92. The van der Waals surface area contributed by atoms with Crippen LogP contribution in [0.1, 0.15) is 29.0 Å². The molecule has 0 aliphatic heterocycles. The Balaban J connectivity index is 0.00000147. The number of aryl methyl sites for hydroxylation is 1. The molecule has 2 aromatic rings. The minimum absolute atomic E-state index is 0. The maximum atomic E-state index is 8.16. The van der Waals surface area contributed by atoms with Gasteiger partial charge in [0.2, 0.25) is 0 Å². The average molecular weight is 355 g/mol. The van der Waals surface area contributed by atoms with Crippen molar-refractivity contribution in [2.24, 2.45) is 0 Å². The van der Waals surface area contributed by atoms with Crippen LogP contribution in [0.25, 0.3) is 0 Å². The summed E-state index contributed by atoms with van der Waals surface area (Å²) in [5.41, 5.74) is 2.58. The highest BCUT2D eigenvalue weighted by atomic mass is 79.9. The Bertz CT molecular complexity index is 648. The van der Waals surface area contributed by atoms with Crippen molar-refractivity contribution in [3.8, 4) is 5.75 Å². The summed E-state index contributed by atoms with van der Waals surface area (Å²) in [7, 11) is 1.69. The zero-order chi connectivity index (χ0) is 13.2. The summed E-state index contributed by atoms with van der Waals surface area (Å²) in [5, 5.41) is 8.16. The molecule has 3 nitrogen and oxygen atoms in total. The van der Waals surface area contributed by atoms with E-state index in [0.717, 1.165) is 25.1 Å². The van der Waals surface area contributed by atoms with Crippen molar-refractivity contribution < 1.29 is 4.74 Å². The van der Waals surface area contributed by atoms with E-state index in [1.165, 1.54) is 29.0 Å². The van der Waals surface area contributed by atoms with Crippen LogP contribution < -0.4 is 9.54 Å². The molecule has 0 fully saturated rings. The van der Waals surface area contributed by atoms with E-state index in [4.69, 9.17) is 10.1 Å². The Kier molecular flexibility index (Phi) is 5.05. The molecule has 1 heterocycles. The van der Waals surface area contributed by atoms with Gasteiger partial charge < -0.3 is 9.30 Å². The first-order chi connectivity index (χ1) is 9.28. The summed E-state index contributed by atoms with van der Waals surface area (Å²) in [5.74, 6) is 0.883. The van der Waals surface area contributed by atoms with E-state index >= 15 is 0 Å². The van der Waals surface area contributed by atoms with E-state index in [9.17, 15) is 0 Å². The van der Waals surface area contributed by atoms with Gasteiger partial charge in [-0.25, -0.2) is 0 Å². The molecule has 0 bridgehead atoms. The van der Waals surface area contributed by atoms with E-state index in [2.05, 4.69) is 16.7 Å². The van der Waals surface area contributed by atoms with Crippen LogP contribution in [0.15, 0.2) is 24.3 Å². The van der Waals surface area contributed by atoms with Crippen LogP contribution in [-0.2, 0) is 19.4 Å². The number of benzene rings is 1. The molecule has 0 amide bonds. The Labute approximate surface area is 133 Å². The summed E-state index contributed by atoms with van der Waals surface area (Å²) in [6.07, 6.45) is 4.79. The molecular formula is C15H19BrN2OS. The van der Waals surface area contributed by atoms with Crippen LogP contribution in [-0.4, -0.2) is 11.7 Å². The van der Waals surface area contributed by atoms with Crippen molar-refractivity contribution in [3.63, 3.8) is 0 Å². The third-order valence-electron chi connectivity index (χ3n) is 3.65. The number of aromatic nitrogens is 1. The van der Waals surface area contributed by atoms with Gasteiger partial charge in [0.15, 0.2) is 4.80 Å². The van der Waals surface area contributed by atoms with E-state index in [0.29, 0.717) is 4.80 Å². The van der Waals surface area contributed by atoms with Crippen molar-refractivity contribution in [1.29, 1.82) is 5.41 Å². The highest BCUT2D eigenvalue weighted by molar-refractivity contribution is 8.93. The number of fused-ring (bicyclic) bond motifs is 1. The molecule has 1 aromatic heterocycles. The van der Waals surface area contributed by atoms with Gasteiger partial charge in [0.05, 0.1) is 13.7 Å². The number of nitrogens with one attached hydrogen (secondary N) is 1. The summed E-state index contributed by atoms with van der Waals surface area (Å²) in [4.78, 5) is 2.09. The topological polar surface area (TPSA) is 38.0 Å². The second-order valence-corrected chi connectivity index (χ2v) is 6.01. The lowest BCUT2D eigenvalue weighted by molar-refractivity contribution is 0.414. The molecule has 108 valence electrons. The van der Waals surface area contributed by atoms with E-state index in [1.54, 1.807) is 18.4 Å². The molecule has 1 aliphatic carbocycles. The fourth-order valence-electron chi connectivity index (χ4n) is 2.67. The van der Waals surface area contributed by atoms with Gasteiger partial charge in [0.25, 0.3) is 0 Å². The Hall–Kier alpha value is -1.07. The normalized spacial score (nSPS) is 13.4. The average Bonchev–Trinajstić information content (AvgIpc) is 2.76. The molecule has 0 unspecified atom stereocenters. The molecule has 20 heavy (non-hydrogen) atoms. The Morgan fingerprint density at radius 2 is 2.10 bits per heavy atom. The van der Waals surface area contributed by atoms with Crippen LogP contribution in [0, 0.1) is 5.41 Å². The van der Waals surface area contributed by atoms with Crippen molar-refractivity contribution in [2.45, 2.75) is 32.2 Å². The number of thiazole rings is 1. The van der Waals surface area contributed by atoms with Crippen LogP contribution in [0.3, 0.4) is 0 Å². The zero-order valence-electron chi connectivity index (χ0n) is 11.5. The molecule has 0 radical (unpaired) electrons. The van der Waals surface area contributed by atoms with Crippen LogP contribution in [0.4, 0.5) is 0 Å². The maximum absolute atomic E-state index is 8.16. The molecular weight excluding hydrogens is 336 g/mol. The molecule has 0 saturated heterocycles. The highest BCUT2D eigenvalue weighted by Crippen LogP contribution is 2.24. The molecule has 0 atom stereocenters. The smallest absolute Gasteiger partial charge is 0.182 e. The van der Waals surface area contributed by atoms with Crippen molar-refractivity contribution in [3.05, 3.63) is 45.2 Å². The lowest BCUT2D eigenvalue weighted by Gasteiger charge is -2.14. The third kappa shape index (κ3) is 2.99. The number of rotatable bonds is 3. The number of methoxy groups -OCH3 is 1. The highest BCUT2D eigenvalue weighted by Gasteiger charge is 2.16. The Morgan fingerprint density at radius 1 is 1.30 bits per heavy atom. The van der Waals surface area contributed by atoms with Crippen LogP contribution >= 0.6 is 28.3 Å². The molecule has 5 heteroatoms. The van der Waals surface area contributed by atoms with Crippen LogP contribution in [0.5, 0.6) is 5.75 Å². The fourth-order valence-corrected chi connectivity index (χ4v) is 3.77. The molecule has 1 N–H and O–H groups in total. The largest absolute Gasteiger partial charge is 0.497 e. The quantitative estimate of drug-likeness (QED) is 0.899. The molecule has 1 aliphatic rings.